The van der Waals surface area contributed by atoms with Crippen molar-refractivity contribution < 1.29 is 14.3 Å². The van der Waals surface area contributed by atoms with Gasteiger partial charge in [-0.1, -0.05) is 54.8 Å². The number of rotatable bonds is 7. The number of carbonyl (C=O) groups excluding carboxylic acids is 2. The van der Waals surface area contributed by atoms with Gasteiger partial charge in [0.15, 0.2) is 0 Å². The molecule has 6 nitrogen and oxygen atoms in total. The van der Waals surface area contributed by atoms with E-state index in [1.165, 1.54) is 25.7 Å². The summed E-state index contributed by atoms with van der Waals surface area (Å²) in [6.07, 6.45) is 5.84. The number of anilines is 1. The Hall–Kier alpha value is -2.57. The van der Waals surface area contributed by atoms with Crippen LogP contribution in [0.1, 0.15) is 50.2 Å². The van der Waals surface area contributed by atoms with Crippen LogP contribution < -0.4 is 10.6 Å². The molecule has 2 aromatic carbocycles. The maximum atomic E-state index is 13.0. The van der Waals surface area contributed by atoms with Crippen molar-refractivity contribution in [1.82, 2.24) is 10.2 Å². The second-order valence-electron chi connectivity index (χ2n) is 8.99. The predicted molar refractivity (Wildman–Crippen MR) is 130 cm³/mol. The highest BCUT2D eigenvalue weighted by atomic mass is 35.5. The van der Waals surface area contributed by atoms with Crippen LogP contribution in [0, 0.1) is 5.92 Å². The van der Waals surface area contributed by atoms with Crippen LogP contribution in [0.3, 0.4) is 0 Å². The first-order chi connectivity index (χ1) is 16.1. The molecule has 1 saturated heterocycles. The lowest BCUT2D eigenvalue weighted by Gasteiger charge is -2.36. The molecule has 1 heterocycles. The molecule has 1 atom stereocenters. The third-order valence-corrected chi connectivity index (χ3v) is 6.96. The van der Waals surface area contributed by atoms with Crippen LogP contribution in [0.4, 0.5) is 10.5 Å². The highest BCUT2D eigenvalue weighted by molar-refractivity contribution is 6.30. The number of nitrogens with one attached hydrogen (secondary N) is 2. The zero-order valence-corrected chi connectivity index (χ0v) is 19.6. The van der Waals surface area contributed by atoms with E-state index in [4.69, 9.17) is 16.3 Å². The molecule has 176 valence electrons. The van der Waals surface area contributed by atoms with Gasteiger partial charge in [-0.25, -0.2) is 4.79 Å². The molecule has 2 amide bonds. The van der Waals surface area contributed by atoms with Crippen LogP contribution in [0.25, 0.3) is 0 Å². The second-order valence-corrected chi connectivity index (χ2v) is 9.43. The van der Waals surface area contributed by atoms with Crippen molar-refractivity contribution in [2.45, 2.75) is 50.7 Å². The molecule has 1 aliphatic carbocycles. The van der Waals surface area contributed by atoms with Crippen LogP contribution >= 0.6 is 11.6 Å². The van der Waals surface area contributed by atoms with E-state index in [0.717, 1.165) is 32.0 Å². The fraction of sp³-hybridized carbons (Fsp3) is 0.462. The summed E-state index contributed by atoms with van der Waals surface area (Å²) in [6.45, 7) is 2.81. The van der Waals surface area contributed by atoms with Crippen LogP contribution in [0.2, 0.25) is 5.02 Å². The SMILES string of the molecule is O=C(Nc1ccc(Cl)cc1)O[C@@H](C(=O)NCC1CCN(C2CCCC2)CC1)c1ccccc1. The molecular formula is C26H32ClN3O3. The summed E-state index contributed by atoms with van der Waals surface area (Å²) in [5.41, 5.74) is 1.18. The fourth-order valence-electron chi connectivity index (χ4n) is 4.82. The molecule has 4 rings (SSSR count). The molecule has 0 unspecified atom stereocenters. The summed E-state index contributed by atoms with van der Waals surface area (Å²) in [6, 6.07) is 16.6. The number of piperidine rings is 1. The Balaban J connectivity index is 1.31. The molecular weight excluding hydrogens is 438 g/mol. The minimum absolute atomic E-state index is 0.300. The summed E-state index contributed by atoms with van der Waals surface area (Å²) in [4.78, 5) is 28.2. The maximum Gasteiger partial charge on any atom is 0.412 e. The van der Waals surface area contributed by atoms with Gasteiger partial charge >= 0.3 is 6.09 Å². The molecule has 0 aromatic heterocycles. The van der Waals surface area contributed by atoms with E-state index >= 15 is 0 Å². The largest absolute Gasteiger partial charge is 0.431 e. The lowest BCUT2D eigenvalue weighted by atomic mass is 9.95. The van der Waals surface area contributed by atoms with E-state index in [1.807, 2.05) is 18.2 Å². The molecule has 0 spiro atoms. The van der Waals surface area contributed by atoms with Gasteiger partial charge in [0.1, 0.15) is 0 Å². The van der Waals surface area contributed by atoms with Crippen molar-refractivity contribution in [3.8, 4) is 0 Å². The summed E-state index contributed by atoms with van der Waals surface area (Å²) in [5.74, 6) is 0.150. The van der Waals surface area contributed by atoms with Gasteiger partial charge in [0.25, 0.3) is 5.91 Å². The Labute approximate surface area is 200 Å². The highest BCUT2D eigenvalue weighted by Crippen LogP contribution is 2.28. The molecule has 2 aromatic rings. The minimum Gasteiger partial charge on any atom is -0.431 e. The highest BCUT2D eigenvalue weighted by Gasteiger charge is 2.29. The minimum atomic E-state index is -1.02. The molecule has 1 saturated carbocycles. The fourth-order valence-corrected chi connectivity index (χ4v) is 4.94. The van der Waals surface area contributed by atoms with Gasteiger partial charge in [0.2, 0.25) is 6.10 Å². The number of amides is 2. The van der Waals surface area contributed by atoms with E-state index in [9.17, 15) is 9.59 Å². The van der Waals surface area contributed by atoms with Gasteiger partial charge < -0.3 is 15.0 Å². The van der Waals surface area contributed by atoms with Crippen molar-refractivity contribution in [1.29, 1.82) is 0 Å². The predicted octanol–water partition coefficient (Wildman–Crippen LogP) is 5.40. The zero-order chi connectivity index (χ0) is 23.0. The number of ether oxygens (including phenoxy) is 1. The van der Waals surface area contributed by atoms with Crippen molar-refractivity contribution in [2.75, 3.05) is 25.0 Å². The summed E-state index contributed by atoms with van der Waals surface area (Å²) in [7, 11) is 0. The third-order valence-electron chi connectivity index (χ3n) is 6.71. The first kappa shape index (κ1) is 23.6. The maximum absolute atomic E-state index is 13.0. The topological polar surface area (TPSA) is 70.7 Å². The van der Waals surface area contributed by atoms with E-state index < -0.39 is 12.2 Å². The Bertz CT molecular complexity index is 908. The molecule has 2 aliphatic rings. The van der Waals surface area contributed by atoms with Crippen molar-refractivity contribution >= 4 is 29.3 Å². The molecule has 2 fully saturated rings. The Morgan fingerprint density at radius 1 is 0.970 bits per heavy atom. The van der Waals surface area contributed by atoms with Gasteiger partial charge in [0, 0.05) is 28.9 Å². The molecule has 33 heavy (non-hydrogen) atoms. The quantitative estimate of drug-likeness (QED) is 0.569. The molecule has 7 heteroatoms. The lowest BCUT2D eigenvalue weighted by Crippen LogP contribution is -2.43. The Morgan fingerprint density at radius 3 is 2.30 bits per heavy atom. The first-order valence-electron chi connectivity index (χ1n) is 11.9. The number of benzene rings is 2. The summed E-state index contributed by atoms with van der Waals surface area (Å²) < 4.78 is 5.55. The van der Waals surface area contributed by atoms with Crippen LogP contribution in [-0.4, -0.2) is 42.6 Å². The third kappa shape index (κ3) is 6.71. The molecule has 0 radical (unpaired) electrons. The van der Waals surface area contributed by atoms with E-state index in [-0.39, 0.29) is 5.91 Å². The Kier molecular flexibility index (Phi) is 8.24. The van der Waals surface area contributed by atoms with Gasteiger partial charge in [-0.3, -0.25) is 10.1 Å². The average molecular weight is 470 g/mol. The number of nitrogens with zero attached hydrogens (tertiary/aromatic N) is 1. The van der Waals surface area contributed by atoms with Crippen LogP contribution in [0.15, 0.2) is 54.6 Å². The average Bonchev–Trinajstić information content (AvgIpc) is 3.38. The number of hydrogen-bond acceptors (Lipinski definition) is 4. The van der Waals surface area contributed by atoms with Gasteiger partial charge in [-0.2, -0.15) is 0 Å². The van der Waals surface area contributed by atoms with Crippen molar-refractivity contribution in [2.24, 2.45) is 5.92 Å². The number of carbonyl (C=O) groups is 2. The van der Waals surface area contributed by atoms with E-state index in [2.05, 4.69) is 15.5 Å². The van der Waals surface area contributed by atoms with E-state index in [0.29, 0.717) is 28.7 Å². The summed E-state index contributed by atoms with van der Waals surface area (Å²) in [5, 5.41) is 6.26. The van der Waals surface area contributed by atoms with Gasteiger partial charge in [-0.15, -0.1) is 0 Å². The van der Waals surface area contributed by atoms with E-state index in [1.54, 1.807) is 36.4 Å². The van der Waals surface area contributed by atoms with Crippen molar-refractivity contribution in [3.63, 3.8) is 0 Å². The van der Waals surface area contributed by atoms with Gasteiger partial charge in [-0.05, 0) is 69.0 Å². The second kappa shape index (κ2) is 11.5. The normalized spacial score (nSPS) is 18.6. The molecule has 2 N–H and O–H groups in total. The van der Waals surface area contributed by atoms with Crippen LogP contribution in [-0.2, 0) is 9.53 Å². The summed E-state index contributed by atoms with van der Waals surface area (Å²) >= 11 is 5.89. The van der Waals surface area contributed by atoms with Crippen LogP contribution in [0.5, 0.6) is 0 Å². The number of halogens is 1. The molecule has 0 bridgehead atoms. The molecule has 1 aliphatic heterocycles. The number of hydrogen-bond donors (Lipinski definition) is 2. The lowest BCUT2D eigenvalue weighted by molar-refractivity contribution is -0.129. The standard InChI is InChI=1S/C26H32ClN3O3/c27-21-10-12-22(13-11-21)29-26(32)33-24(20-6-2-1-3-7-20)25(31)28-18-19-14-16-30(17-15-19)23-8-4-5-9-23/h1-3,6-7,10-13,19,23-24H,4-5,8-9,14-18H2,(H,28,31)(H,29,32)/t24-/m1/s1. The zero-order valence-electron chi connectivity index (χ0n) is 18.8. The smallest absolute Gasteiger partial charge is 0.412 e. The number of likely N-dealkylation sites (tertiary alicyclic amines) is 1. The Morgan fingerprint density at radius 2 is 1.64 bits per heavy atom. The van der Waals surface area contributed by atoms with Crippen molar-refractivity contribution in [3.05, 3.63) is 65.2 Å². The first-order valence-corrected chi connectivity index (χ1v) is 12.3. The van der Waals surface area contributed by atoms with Gasteiger partial charge in [0.05, 0.1) is 0 Å². The monoisotopic (exact) mass is 469 g/mol.